The van der Waals surface area contributed by atoms with Crippen LogP contribution < -0.4 is 30.1 Å². The molecule has 3 aromatic heterocycles. The quantitative estimate of drug-likeness (QED) is 0.0529. The molecule has 0 spiro atoms. The second kappa shape index (κ2) is 24.1. The first-order chi connectivity index (χ1) is 52.7. The number of nitrogens with zero attached hydrogens (tertiary/aromatic N) is 4. The summed E-state index contributed by atoms with van der Waals surface area (Å²) in [5.41, 5.74) is -2.60. The first-order valence-electron chi connectivity index (χ1n) is 40.6. The van der Waals surface area contributed by atoms with Crippen LogP contribution in [0.2, 0.25) is 0 Å². The number of hydrogen-bond donors (Lipinski definition) is 0. The number of benzene rings is 11. The Morgan fingerprint density at radius 2 is 1.12 bits per heavy atom. The molecule has 0 bridgehead atoms. The van der Waals surface area contributed by atoms with Gasteiger partial charge in [0.05, 0.1) is 20.8 Å². The van der Waals surface area contributed by atoms with Crippen molar-refractivity contribution in [3.8, 4) is 62.1 Å². The van der Waals surface area contributed by atoms with Crippen LogP contribution in [0.15, 0.2) is 261 Å². The Morgan fingerprint density at radius 1 is 0.526 bits per heavy atom. The molecule has 5 nitrogen and oxygen atoms in total. The number of rotatable bonds is 12. The van der Waals surface area contributed by atoms with Crippen molar-refractivity contribution in [3.63, 3.8) is 0 Å². The van der Waals surface area contributed by atoms with Gasteiger partial charge in [-0.25, -0.2) is 4.98 Å². The van der Waals surface area contributed by atoms with Crippen LogP contribution in [0.1, 0.15) is 128 Å². The van der Waals surface area contributed by atoms with Crippen LogP contribution in [0.5, 0.6) is 11.5 Å². The van der Waals surface area contributed by atoms with Crippen molar-refractivity contribution in [2.75, 3.05) is 0 Å². The van der Waals surface area contributed by atoms with Crippen molar-refractivity contribution in [3.05, 3.63) is 307 Å². The van der Waals surface area contributed by atoms with Gasteiger partial charge in [0, 0.05) is 70.4 Å². The van der Waals surface area contributed by atoms with E-state index in [4.69, 9.17) is 26.2 Å². The van der Waals surface area contributed by atoms with Gasteiger partial charge in [-0.05, 0) is 135 Å². The Hall–Kier alpha value is -9.45. The summed E-state index contributed by atoms with van der Waals surface area (Å²) in [4.78, 5) is 5.13. The van der Waals surface area contributed by atoms with Gasteiger partial charge in [0.1, 0.15) is 5.82 Å². The molecule has 1 aliphatic rings. The van der Waals surface area contributed by atoms with E-state index in [2.05, 4.69) is 151 Å². The molecule has 0 unspecified atom stereocenters. The largest absolute Gasteiger partial charge is 0.510 e. The number of fused-ring (bicyclic) bond motifs is 5. The molecule has 0 N–H and O–H groups in total. The Bertz CT molecular complexity index is 5880. The van der Waals surface area contributed by atoms with Crippen molar-refractivity contribution in [1.29, 1.82) is 0 Å². The molecule has 1 aliphatic carbocycles. The molecule has 0 atom stereocenters. The first kappa shape index (κ1) is 45.0. The standard InChI is InChI=1S/C88H78N4OSi.Pt/c1-59-48-83(89-56-76(59)60-28-25-37-71(51-60)94(68-31-15-12-16-32-68,69-33-17-13-18-34-69)70-35-19-14-20-36-70)92-79-41-22-21-38-74(79)75-46-45-67(55-82(75)92)93-66-30-26-29-65(54-66)90-58-91(81-43-24-23-42-80(81)90)84-72(61-44-47-77-78(52-61)88(10,11)57-87(77,8)9)39-27-40-73(84)62-49-63(85(2,3)4)53-64(50-62)86(5,6)7;/h12-53,56H,57H2,1-11H3;/q-2;/i1D3,8D3,9D3,10D3,11D3,44D,47D,52D;. The summed E-state index contributed by atoms with van der Waals surface area (Å²) in [7, 11) is -3.04. The number of para-hydroxylation sites is 4. The van der Waals surface area contributed by atoms with Gasteiger partial charge in [0.25, 0.3) is 6.33 Å². The summed E-state index contributed by atoms with van der Waals surface area (Å²) < 4.78 is 177. The van der Waals surface area contributed by atoms with E-state index in [1.165, 1.54) is 15.6 Å². The van der Waals surface area contributed by atoms with E-state index in [0.717, 1.165) is 32.6 Å². The number of pyridine rings is 1. The molecule has 0 amide bonds. The zero-order chi connectivity index (χ0) is 80.0. The third kappa shape index (κ3) is 11.1. The summed E-state index contributed by atoms with van der Waals surface area (Å²) in [6.07, 6.45) is 3.68. The SMILES string of the molecule is [2H]c1c([2H])c2c(c([2H])c1-c1cccc(-c3cc(C(C)(C)C)cc(C(C)(C)C)c3)c1-[n+]1[c-]n(-c3[c-]c(Oc4[c-]c5c(cc4)c4ccccc4n5-c4cc(C([2H])([2H])[2H])c(-c5cccc([Si](c6ccccc6)(c6ccccc6)c6ccccc6)c5)cn4)ccc3)c3ccccc31)C(C([2H])([2H])[2H])(C([2H])([2H])[2H])CC2(C([2H])([2H])[2H])C([2H])([2H])[2H].[Pt]. The van der Waals surface area contributed by atoms with Crippen molar-refractivity contribution in [2.45, 2.75) is 104 Å². The van der Waals surface area contributed by atoms with Crippen molar-refractivity contribution < 1.29 is 55.0 Å². The van der Waals surface area contributed by atoms with Crippen LogP contribution in [0.4, 0.5) is 0 Å². The van der Waals surface area contributed by atoms with Crippen LogP contribution in [0.25, 0.3) is 83.4 Å². The van der Waals surface area contributed by atoms with E-state index in [-0.39, 0.29) is 49.4 Å². The third-order valence-electron chi connectivity index (χ3n) is 18.4. The van der Waals surface area contributed by atoms with E-state index in [9.17, 15) is 8.22 Å². The van der Waals surface area contributed by atoms with Gasteiger partial charge in [0.15, 0.2) is 8.07 Å². The molecule has 3 heterocycles. The molecule has 95 heavy (non-hydrogen) atoms. The number of imidazole rings is 1. The molecule has 0 aliphatic heterocycles. The minimum atomic E-state index is -3.70. The van der Waals surface area contributed by atoms with Crippen molar-refractivity contribution in [2.24, 2.45) is 0 Å². The fourth-order valence-corrected chi connectivity index (χ4v) is 18.5. The summed E-state index contributed by atoms with van der Waals surface area (Å²) >= 11 is 0. The maximum absolute atomic E-state index is 10.3. The fourth-order valence-electron chi connectivity index (χ4n) is 13.7. The van der Waals surface area contributed by atoms with Gasteiger partial charge in [-0.2, -0.15) is 18.2 Å². The van der Waals surface area contributed by atoms with E-state index < -0.39 is 105 Å². The van der Waals surface area contributed by atoms with Gasteiger partial charge >= 0.3 is 0 Å². The normalized spacial score (nSPS) is 17.1. The van der Waals surface area contributed by atoms with Crippen LogP contribution >= 0.6 is 0 Å². The maximum Gasteiger partial charge on any atom is 0.268 e. The molecule has 14 aromatic rings. The monoisotopic (exact) mass is 1450 g/mol. The van der Waals surface area contributed by atoms with Gasteiger partial charge in [-0.1, -0.05) is 287 Å². The van der Waals surface area contributed by atoms with Crippen LogP contribution in [-0.2, 0) is 42.7 Å². The molecule has 7 heteroatoms. The zero-order valence-electron chi connectivity index (χ0n) is 71.3. The van der Waals surface area contributed by atoms with E-state index in [1.54, 1.807) is 57.8 Å². The van der Waals surface area contributed by atoms with Crippen LogP contribution in [0.3, 0.4) is 0 Å². The summed E-state index contributed by atoms with van der Waals surface area (Å²) in [6.45, 7) is -4.86. The summed E-state index contributed by atoms with van der Waals surface area (Å²) in [6, 6.07) is 81.0. The molecule has 11 aromatic carbocycles. The predicted molar refractivity (Wildman–Crippen MR) is 393 cm³/mol. The average molecular weight is 1450 g/mol. The molecule has 15 rings (SSSR count). The summed E-state index contributed by atoms with van der Waals surface area (Å²) in [5, 5.41) is 6.21. The Morgan fingerprint density at radius 3 is 1.78 bits per heavy atom. The molecule has 0 fully saturated rings. The zero-order valence-corrected chi connectivity index (χ0v) is 56.6. The second-order valence-electron chi connectivity index (χ2n) is 26.7. The van der Waals surface area contributed by atoms with Crippen molar-refractivity contribution >= 4 is 61.7 Å². The fraction of sp³-hybridized carbons (Fsp3) is 0.182. The molecule has 472 valence electrons. The smallest absolute Gasteiger partial charge is 0.268 e. The number of ether oxygens (including phenoxy) is 1. The number of hydrogen-bond acceptors (Lipinski definition) is 2. The van der Waals surface area contributed by atoms with E-state index in [1.807, 2.05) is 108 Å². The topological polar surface area (TPSA) is 35.9 Å². The third-order valence-corrected chi connectivity index (χ3v) is 23.2. The second-order valence-corrected chi connectivity index (χ2v) is 30.5. The minimum absolute atomic E-state index is 0. The minimum Gasteiger partial charge on any atom is -0.510 e. The summed E-state index contributed by atoms with van der Waals surface area (Å²) in [5.74, 6) is 0.853. The Labute approximate surface area is 601 Å². The molecule has 0 saturated heterocycles. The van der Waals surface area contributed by atoms with Gasteiger partial charge in [0.2, 0.25) is 0 Å². The maximum atomic E-state index is 10.3. The molecular formula is C88H78N4OPtSi-2. The van der Waals surface area contributed by atoms with Gasteiger partial charge < -0.3 is 13.9 Å². The molecule has 0 saturated carbocycles. The van der Waals surface area contributed by atoms with Crippen molar-refractivity contribution in [1.82, 2.24) is 14.1 Å². The number of aromatic nitrogens is 4. The average Bonchev–Trinajstić information content (AvgIpc) is 1.49. The van der Waals surface area contributed by atoms with Crippen LogP contribution in [-0.4, -0.2) is 22.2 Å². The molecular weight excluding hydrogens is 1350 g/mol. The predicted octanol–water partition coefficient (Wildman–Crippen LogP) is 18.8. The first-order valence-corrected chi connectivity index (χ1v) is 33.6. The van der Waals surface area contributed by atoms with Gasteiger partial charge in [-0.15, -0.1) is 29.7 Å². The van der Waals surface area contributed by atoms with E-state index in [0.29, 0.717) is 50.3 Å². The van der Waals surface area contributed by atoms with E-state index >= 15 is 0 Å². The Kier molecular flexibility index (Phi) is 11.4. The number of aryl methyl sites for hydroxylation is 1. The Balaban J connectivity index is 0.0000106. The van der Waals surface area contributed by atoms with Crippen LogP contribution in [0, 0.1) is 25.3 Å². The molecule has 0 radical (unpaired) electrons. The van der Waals surface area contributed by atoms with Gasteiger partial charge in [-0.3, -0.25) is 4.57 Å².